The molecule has 0 aliphatic rings. The molecule has 0 spiro atoms. The van der Waals surface area contributed by atoms with Crippen LogP contribution in [0.25, 0.3) is 0 Å². The maximum Gasteiger partial charge on any atom is 0.343 e. The minimum absolute atomic E-state index is 0.126. The number of esters is 2. The summed E-state index contributed by atoms with van der Waals surface area (Å²) in [6, 6.07) is 8.82. The summed E-state index contributed by atoms with van der Waals surface area (Å²) in [5.74, 6) is -1.97. The van der Waals surface area contributed by atoms with Crippen LogP contribution < -0.4 is 5.32 Å². The summed E-state index contributed by atoms with van der Waals surface area (Å²) in [4.78, 5) is 36.8. The van der Waals surface area contributed by atoms with E-state index in [-0.39, 0.29) is 19.6 Å². The van der Waals surface area contributed by atoms with Gasteiger partial charge < -0.3 is 14.8 Å². The first-order valence-electron chi connectivity index (χ1n) is 11.6. The standard InChI is InChI=1S/C25H39NO5/c1-5-21-15-17-22(18-16-21)14-12-10-8-9-11-13-19-25(26-20(4)27,23(28)30-6-2)24(29)31-7-3/h15-18H,5-14,19H2,1-4H3,(H,26,27). The Balaban J connectivity index is 2.46. The molecule has 1 aromatic carbocycles. The van der Waals surface area contributed by atoms with Gasteiger partial charge in [-0.15, -0.1) is 0 Å². The first kappa shape index (κ1) is 26.7. The number of unbranched alkanes of at least 4 members (excludes halogenated alkanes) is 5. The number of rotatable bonds is 15. The zero-order valence-electron chi connectivity index (χ0n) is 19.6. The molecule has 0 saturated heterocycles. The summed E-state index contributed by atoms with van der Waals surface area (Å²) in [7, 11) is 0. The highest BCUT2D eigenvalue weighted by atomic mass is 16.6. The lowest BCUT2D eigenvalue weighted by Crippen LogP contribution is -2.61. The molecule has 6 nitrogen and oxygen atoms in total. The fourth-order valence-corrected chi connectivity index (χ4v) is 3.63. The van der Waals surface area contributed by atoms with E-state index in [9.17, 15) is 14.4 Å². The topological polar surface area (TPSA) is 81.7 Å². The molecule has 0 bridgehead atoms. The average Bonchev–Trinajstić information content (AvgIpc) is 2.75. The number of benzene rings is 1. The van der Waals surface area contributed by atoms with Crippen LogP contribution in [0.1, 0.15) is 83.8 Å². The number of amides is 1. The van der Waals surface area contributed by atoms with Crippen molar-refractivity contribution in [1.29, 1.82) is 0 Å². The van der Waals surface area contributed by atoms with Gasteiger partial charge in [0.1, 0.15) is 0 Å². The Kier molecular flexibility index (Phi) is 12.6. The Morgan fingerprint density at radius 3 is 1.74 bits per heavy atom. The van der Waals surface area contributed by atoms with E-state index in [2.05, 4.69) is 36.5 Å². The number of hydrogen-bond acceptors (Lipinski definition) is 5. The molecule has 0 aliphatic carbocycles. The van der Waals surface area contributed by atoms with Crippen LogP contribution in [-0.4, -0.2) is 36.6 Å². The average molecular weight is 434 g/mol. The highest BCUT2D eigenvalue weighted by molar-refractivity contribution is 6.07. The third kappa shape index (κ3) is 9.11. The van der Waals surface area contributed by atoms with Crippen LogP contribution in [0.5, 0.6) is 0 Å². The van der Waals surface area contributed by atoms with Crippen LogP contribution in [0, 0.1) is 0 Å². The van der Waals surface area contributed by atoms with Crippen LogP contribution in [0.15, 0.2) is 24.3 Å². The molecule has 0 atom stereocenters. The fraction of sp³-hybridized carbons (Fsp3) is 0.640. The SMILES string of the molecule is CCOC(=O)C(CCCCCCCCc1ccc(CC)cc1)(NC(C)=O)C(=O)OCC. The monoisotopic (exact) mass is 433 g/mol. The fourth-order valence-electron chi connectivity index (χ4n) is 3.63. The minimum Gasteiger partial charge on any atom is -0.464 e. The van der Waals surface area contributed by atoms with Gasteiger partial charge in [-0.1, -0.05) is 56.9 Å². The second kappa shape index (κ2) is 14.6. The van der Waals surface area contributed by atoms with Crippen molar-refractivity contribution < 1.29 is 23.9 Å². The van der Waals surface area contributed by atoms with Crippen LogP contribution in [-0.2, 0) is 36.7 Å². The number of aryl methyl sites for hydroxylation is 2. The predicted molar refractivity (Wildman–Crippen MR) is 122 cm³/mol. The van der Waals surface area contributed by atoms with Gasteiger partial charge >= 0.3 is 11.9 Å². The zero-order valence-corrected chi connectivity index (χ0v) is 19.6. The van der Waals surface area contributed by atoms with Crippen molar-refractivity contribution in [2.24, 2.45) is 0 Å². The van der Waals surface area contributed by atoms with Crippen molar-refractivity contribution in [1.82, 2.24) is 5.32 Å². The molecule has 0 unspecified atom stereocenters. The summed E-state index contributed by atoms with van der Waals surface area (Å²) < 4.78 is 10.2. The van der Waals surface area contributed by atoms with Crippen molar-refractivity contribution in [2.75, 3.05) is 13.2 Å². The highest BCUT2D eigenvalue weighted by Gasteiger charge is 2.49. The first-order valence-corrected chi connectivity index (χ1v) is 11.6. The molecule has 0 radical (unpaired) electrons. The predicted octanol–water partition coefficient (Wildman–Crippen LogP) is 4.52. The molecule has 0 fully saturated rings. The third-order valence-corrected chi connectivity index (χ3v) is 5.34. The summed E-state index contributed by atoms with van der Waals surface area (Å²) in [6.45, 7) is 7.03. The summed E-state index contributed by atoms with van der Waals surface area (Å²) >= 11 is 0. The van der Waals surface area contributed by atoms with Gasteiger partial charge in [0.15, 0.2) is 0 Å². The third-order valence-electron chi connectivity index (χ3n) is 5.34. The minimum atomic E-state index is -1.76. The van der Waals surface area contributed by atoms with Crippen LogP contribution >= 0.6 is 0 Å². The Morgan fingerprint density at radius 1 is 0.774 bits per heavy atom. The number of hydrogen-bond donors (Lipinski definition) is 1. The van der Waals surface area contributed by atoms with Gasteiger partial charge in [-0.2, -0.15) is 0 Å². The van der Waals surface area contributed by atoms with Crippen LogP contribution in [0.3, 0.4) is 0 Å². The number of ether oxygens (including phenoxy) is 2. The van der Waals surface area contributed by atoms with E-state index in [1.54, 1.807) is 13.8 Å². The molecule has 1 amide bonds. The van der Waals surface area contributed by atoms with Gasteiger partial charge in [0, 0.05) is 6.92 Å². The van der Waals surface area contributed by atoms with Gasteiger partial charge in [0.25, 0.3) is 0 Å². The first-order chi connectivity index (χ1) is 14.9. The van der Waals surface area contributed by atoms with E-state index in [1.165, 1.54) is 18.1 Å². The van der Waals surface area contributed by atoms with E-state index < -0.39 is 23.4 Å². The molecule has 174 valence electrons. The summed E-state index contributed by atoms with van der Waals surface area (Å²) in [5.41, 5.74) is 0.980. The molecule has 31 heavy (non-hydrogen) atoms. The van der Waals surface area contributed by atoms with Crippen molar-refractivity contribution in [3.8, 4) is 0 Å². The van der Waals surface area contributed by atoms with Crippen molar-refractivity contribution in [3.05, 3.63) is 35.4 Å². The number of nitrogens with one attached hydrogen (secondary N) is 1. The lowest BCUT2D eigenvalue weighted by Gasteiger charge is -2.29. The van der Waals surface area contributed by atoms with E-state index in [4.69, 9.17) is 9.47 Å². The summed E-state index contributed by atoms with van der Waals surface area (Å²) in [6.07, 6.45) is 8.21. The second-order valence-electron chi connectivity index (χ2n) is 7.82. The summed E-state index contributed by atoms with van der Waals surface area (Å²) in [5, 5.41) is 2.51. The molecule has 0 aromatic heterocycles. The molecule has 0 aliphatic heterocycles. The molecule has 1 N–H and O–H groups in total. The van der Waals surface area contributed by atoms with Crippen molar-refractivity contribution in [2.45, 2.75) is 91.0 Å². The lowest BCUT2D eigenvalue weighted by molar-refractivity contribution is -0.168. The van der Waals surface area contributed by atoms with E-state index in [0.717, 1.165) is 44.9 Å². The van der Waals surface area contributed by atoms with Crippen LogP contribution in [0.4, 0.5) is 0 Å². The van der Waals surface area contributed by atoms with Gasteiger partial charge in [-0.25, -0.2) is 9.59 Å². The lowest BCUT2D eigenvalue weighted by atomic mass is 9.91. The van der Waals surface area contributed by atoms with Gasteiger partial charge in [0.2, 0.25) is 11.4 Å². The molecule has 6 heteroatoms. The molecule has 0 saturated carbocycles. The molecule has 1 rings (SSSR count). The zero-order chi connectivity index (χ0) is 23.1. The van der Waals surface area contributed by atoms with E-state index >= 15 is 0 Å². The van der Waals surface area contributed by atoms with Gasteiger partial charge in [-0.05, 0) is 57.1 Å². The van der Waals surface area contributed by atoms with E-state index in [0.29, 0.717) is 6.42 Å². The van der Waals surface area contributed by atoms with Gasteiger partial charge in [-0.3, -0.25) is 4.79 Å². The Hall–Kier alpha value is -2.37. The molecule has 0 heterocycles. The highest BCUT2D eigenvalue weighted by Crippen LogP contribution is 2.21. The Bertz CT molecular complexity index is 666. The number of carbonyl (C=O) groups excluding carboxylic acids is 3. The largest absolute Gasteiger partial charge is 0.464 e. The van der Waals surface area contributed by atoms with Crippen molar-refractivity contribution >= 4 is 17.8 Å². The second-order valence-corrected chi connectivity index (χ2v) is 7.82. The molecular formula is C25H39NO5. The molecule has 1 aromatic rings. The Morgan fingerprint density at radius 2 is 1.26 bits per heavy atom. The van der Waals surface area contributed by atoms with Gasteiger partial charge in [0.05, 0.1) is 13.2 Å². The maximum absolute atomic E-state index is 12.6. The van der Waals surface area contributed by atoms with E-state index in [1.807, 2.05) is 0 Å². The normalized spacial score (nSPS) is 11.1. The van der Waals surface area contributed by atoms with Crippen LogP contribution in [0.2, 0.25) is 0 Å². The maximum atomic E-state index is 12.6. The van der Waals surface area contributed by atoms with Crippen molar-refractivity contribution in [3.63, 3.8) is 0 Å². The number of carbonyl (C=O) groups is 3. The Labute approximate surface area is 187 Å². The quantitative estimate of drug-likeness (QED) is 0.250. The smallest absolute Gasteiger partial charge is 0.343 e. The molecular weight excluding hydrogens is 394 g/mol.